The van der Waals surface area contributed by atoms with Crippen LogP contribution in [0.25, 0.3) is 0 Å². The average Bonchev–Trinajstić information content (AvgIpc) is 1.89. The van der Waals surface area contributed by atoms with Gasteiger partial charge in [0.05, 0.1) is 0 Å². The lowest BCUT2D eigenvalue weighted by atomic mass is 10.4. The van der Waals surface area contributed by atoms with Gasteiger partial charge in [0.15, 0.2) is 0 Å². The van der Waals surface area contributed by atoms with Crippen molar-refractivity contribution in [2.45, 2.75) is 26.2 Å². The van der Waals surface area contributed by atoms with Crippen molar-refractivity contribution in [3.8, 4) is 0 Å². The molecule has 0 fully saturated rings. The predicted octanol–water partition coefficient (Wildman–Crippen LogP) is 2.43. The molecule has 0 heterocycles. The van der Waals surface area contributed by atoms with Crippen LogP contribution in [0.2, 0.25) is 0 Å². The third-order valence-corrected chi connectivity index (χ3v) is 1.01. The summed E-state index contributed by atoms with van der Waals surface area (Å²) >= 11 is 0. The Morgan fingerprint density at radius 2 is 2.22 bits per heavy atom. The van der Waals surface area contributed by atoms with Gasteiger partial charge in [0.1, 0.15) is 0 Å². The van der Waals surface area contributed by atoms with Crippen molar-refractivity contribution in [1.82, 2.24) is 0 Å². The quantitative estimate of drug-likeness (QED) is 0.304. The van der Waals surface area contributed by atoms with Crippen LogP contribution in [0.1, 0.15) is 26.2 Å². The fourth-order valence-corrected chi connectivity index (χ4v) is 0.477. The first-order chi connectivity index (χ1) is 4.41. The van der Waals surface area contributed by atoms with Crippen LogP contribution in [0.15, 0.2) is 17.6 Å². The minimum absolute atomic E-state index is 0.906. The second-order valence-electron chi connectivity index (χ2n) is 1.95. The maximum atomic E-state index is 4.15. The second kappa shape index (κ2) is 7.41. The maximum absolute atomic E-state index is 4.15. The summed E-state index contributed by atoms with van der Waals surface area (Å²) in [6.45, 7) is 6.66. The summed E-state index contributed by atoms with van der Waals surface area (Å²) in [5, 5.41) is 0. The number of unbranched alkanes of at least 4 members (excludes halogenated alkanes) is 1. The molecular weight excluding hydrogens is 110 g/mol. The zero-order valence-electron chi connectivity index (χ0n) is 6.14. The van der Waals surface area contributed by atoms with Gasteiger partial charge in [0, 0.05) is 6.54 Å². The van der Waals surface area contributed by atoms with Crippen molar-refractivity contribution >= 4 is 6.21 Å². The van der Waals surface area contributed by atoms with Crippen LogP contribution in [0, 0.1) is 0 Å². The van der Waals surface area contributed by atoms with Gasteiger partial charge in [-0.15, -0.1) is 6.58 Å². The summed E-state index contributed by atoms with van der Waals surface area (Å²) < 4.78 is 0. The molecule has 0 aromatic carbocycles. The minimum Gasteiger partial charge on any atom is -0.297 e. The Hall–Kier alpha value is -0.590. The molecule has 0 unspecified atom stereocenters. The molecule has 0 N–H and O–H groups in total. The van der Waals surface area contributed by atoms with Crippen LogP contribution in [0.4, 0.5) is 0 Å². The fraction of sp³-hybridized carbons (Fsp3) is 0.625. The Morgan fingerprint density at radius 3 is 2.78 bits per heavy atom. The Balaban J connectivity index is 2.94. The maximum Gasteiger partial charge on any atom is 0.0419 e. The summed E-state index contributed by atoms with van der Waals surface area (Å²) in [7, 11) is 0. The standard InChI is InChI=1S/C8H15N/c1-3-5-7-9-8-6-4-2/h3,8H,1,4-7H2,2H3. The Labute approximate surface area is 57.5 Å². The summed E-state index contributed by atoms with van der Waals surface area (Å²) in [6.07, 6.45) is 7.18. The van der Waals surface area contributed by atoms with Gasteiger partial charge in [-0.1, -0.05) is 19.4 Å². The topological polar surface area (TPSA) is 12.4 Å². The van der Waals surface area contributed by atoms with Crippen LogP contribution in [0.3, 0.4) is 0 Å². The van der Waals surface area contributed by atoms with Crippen molar-refractivity contribution in [3.63, 3.8) is 0 Å². The molecule has 1 nitrogen and oxygen atoms in total. The predicted molar refractivity (Wildman–Crippen MR) is 43.1 cm³/mol. The first-order valence-corrected chi connectivity index (χ1v) is 3.51. The number of nitrogens with zero attached hydrogens (tertiary/aromatic N) is 1. The van der Waals surface area contributed by atoms with Crippen LogP contribution >= 0.6 is 0 Å². The van der Waals surface area contributed by atoms with Crippen molar-refractivity contribution < 1.29 is 0 Å². The normalized spacial score (nSPS) is 10.3. The number of rotatable bonds is 5. The van der Waals surface area contributed by atoms with E-state index in [-0.39, 0.29) is 0 Å². The molecule has 0 spiro atoms. The van der Waals surface area contributed by atoms with E-state index >= 15 is 0 Å². The molecule has 0 aliphatic heterocycles. The largest absolute Gasteiger partial charge is 0.297 e. The van der Waals surface area contributed by atoms with E-state index in [0.717, 1.165) is 19.4 Å². The molecule has 0 aromatic rings. The third kappa shape index (κ3) is 7.41. The van der Waals surface area contributed by atoms with E-state index in [0.29, 0.717) is 0 Å². The number of hydrogen-bond donors (Lipinski definition) is 0. The van der Waals surface area contributed by atoms with Gasteiger partial charge in [-0.2, -0.15) is 0 Å². The molecule has 0 aromatic heterocycles. The second-order valence-corrected chi connectivity index (χ2v) is 1.95. The lowest BCUT2D eigenvalue weighted by molar-refractivity contribution is 0.970. The van der Waals surface area contributed by atoms with Gasteiger partial charge in [-0.05, 0) is 19.1 Å². The monoisotopic (exact) mass is 125 g/mol. The zero-order chi connectivity index (χ0) is 6.95. The van der Waals surface area contributed by atoms with Crippen molar-refractivity contribution in [3.05, 3.63) is 12.7 Å². The summed E-state index contributed by atoms with van der Waals surface area (Å²) in [5.41, 5.74) is 0. The van der Waals surface area contributed by atoms with Gasteiger partial charge in [0.25, 0.3) is 0 Å². The molecule has 0 saturated heterocycles. The molecule has 0 radical (unpaired) electrons. The van der Waals surface area contributed by atoms with Crippen molar-refractivity contribution in [2.75, 3.05) is 6.54 Å². The van der Waals surface area contributed by atoms with E-state index in [4.69, 9.17) is 0 Å². The smallest absolute Gasteiger partial charge is 0.0419 e. The van der Waals surface area contributed by atoms with E-state index in [1.165, 1.54) is 6.42 Å². The van der Waals surface area contributed by atoms with Crippen LogP contribution in [0.5, 0.6) is 0 Å². The third-order valence-electron chi connectivity index (χ3n) is 1.01. The lowest BCUT2D eigenvalue weighted by Gasteiger charge is -1.85. The van der Waals surface area contributed by atoms with Gasteiger partial charge < -0.3 is 0 Å². The van der Waals surface area contributed by atoms with Crippen molar-refractivity contribution in [1.29, 1.82) is 0 Å². The van der Waals surface area contributed by atoms with E-state index in [9.17, 15) is 0 Å². The molecule has 0 atom stereocenters. The first kappa shape index (κ1) is 8.41. The minimum atomic E-state index is 0.906. The highest BCUT2D eigenvalue weighted by molar-refractivity contribution is 5.56. The molecule has 0 amide bonds. The highest BCUT2D eigenvalue weighted by Crippen LogP contribution is 1.83. The Kier molecular flexibility index (Phi) is 6.92. The molecule has 0 bridgehead atoms. The van der Waals surface area contributed by atoms with E-state index in [2.05, 4.69) is 18.5 Å². The summed E-state index contributed by atoms with van der Waals surface area (Å²) in [5.74, 6) is 0. The molecule has 0 aliphatic rings. The zero-order valence-corrected chi connectivity index (χ0v) is 6.14. The molecule has 0 rings (SSSR count). The molecule has 9 heavy (non-hydrogen) atoms. The van der Waals surface area contributed by atoms with E-state index < -0.39 is 0 Å². The average molecular weight is 125 g/mol. The Bertz CT molecular complexity index is 84.6. The van der Waals surface area contributed by atoms with Crippen LogP contribution in [-0.2, 0) is 0 Å². The van der Waals surface area contributed by atoms with Gasteiger partial charge >= 0.3 is 0 Å². The summed E-state index contributed by atoms with van der Waals surface area (Å²) in [4.78, 5) is 4.15. The molecule has 1 heteroatoms. The first-order valence-electron chi connectivity index (χ1n) is 3.51. The molecule has 0 saturated carbocycles. The SMILES string of the molecule is C=CCCN=CCCC. The lowest BCUT2D eigenvalue weighted by Crippen LogP contribution is -1.78. The summed E-state index contributed by atoms with van der Waals surface area (Å²) in [6, 6.07) is 0. The van der Waals surface area contributed by atoms with E-state index in [1.54, 1.807) is 0 Å². The van der Waals surface area contributed by atoms with E-state index in [1.807, 2.05) is 12.3 Å². The van der Waals surface area contributed by atoms with Gasteiger partial charge in [-0.3, -0.25) is 4.99 Å². The molecule has 0 aliphatic carbocycles. The van der Waals surface area contributed by atoms with Crippen LogP contribution in [-0.4, -0.2) is 12.8 Å². The number of aliphatic imine (C=N–C) groups is 1. The fourth-order valence-electron chi connectivity index (χ4n) is 0.477. The molecular formula is C8H15N. The van der Waals surface area contributed by atoms with Crippen molar-refractivity contribution in [2.24, 2.45) is 4.99 Å². The van der Waals surface area contributed by atoms with Gasteiger partial charge in [-0.25, -0.2) is 0 Å². The van der Waals surface area contributed by atoms with Gasteiger partial charge in [0.2, 0.25) is 0 Å². The molecule has 52 valence electrons. The highest BCUT2D eigenvalue weighted by Gasteiger charge is 1.74. The highest BCUT2D eigenvalue weighted by atomic mass is 14.7. The number of hydrogen-bond acceptors (Lipinski definition) is 1. The van der Waals surface area contributed by atoms with Crippen LogP contribution < -0.4 is 0 Å². The Morgan fingerprint density at radius 1 is 1.44 bits per heavy atom.